The number of benzene rings is 1. The lowest BCUT2D eigenvalue weighted by Crippen LogP contribution is -2.43. The van der Waals surface area contributed by atoms with Crippen LogP contribution in [0.15, 0.2) is 30.5 Å². The van der Waals surface area contributed by atoms with Crippen LogP contribution in [-0.2, 0) is 20.5 Å². The number of carbonyl (C=O) groups is 1. The Hall–Kier alpha value is -2.76. The molecule has 6 heteroatoms. The molecular formula is C18H21N5O. The van der Waals surface area contributed by atoms with Gasteiger partial charge in [-0.3, -0.25) is 9.48 Å². The lowest BCUT2D eigenvalue weighted by atomic mass is 10.0. The Kier molecular flexibility index (Phi) is 3.33. The molecule has 0 saturated heterocycles. The van der Waals surface area contributed by atoms with Gasteiger partial charge in [-0.1, -0.05) is 6.07 Å². The van der Waals surface area contributed by atoms with Gasteiger partial charge in [0.05, 0.1) is 11.7 Å². The van der Waals surface area contributed by atoms with E-state index in [0.29, 0.717) is 6.54 Å². The summed E-state index contributed by atoms with van der Waals surface area (Å²) in [6.45, 7) is 2.72. The van der Waals surface area contributed by atoms with Crippen LogP contribution in [0.5, 0.6) is 0 Å². The van der Waals surface area contributed by atoms with Crippen molar-refractivity contribution in [3.8, 4) is 0 Å². The minimum atomic E-state index is -0.0245. The van der Waals surface area contributed by atoms with Crippen LogP contribution in [0.2, 0.25) is 0 Å². The van der Waals surface area contributed by atoms with Crippen molar-refractivity contribution in [1.82, 2.24) is 19.7 Å². The summed E-state index contributed by atoms with van der Waals surface area (Å²) in [6.07, 6.45) is 2.79. The molecule has 1 aromatic carbocycles. The second kappa shape index (κ2) is 5.40. The summed E-state index contributed by atoms with van der Waals surface area (Å²) in [4.78, 5) is 12.8. The summed E-state index contributed by atoms with van der Waals surface area (Å²) in [7, 11) is 3.93. The van der Waals surface area contributed by atoms with Gasteiger partial charge in [0.2, 0.25) is 0 Å². The fourth-order valence-electron chi connectivity index (χ4n) is 3.57. The largest absolute Gasteiger partial charge is 0.368 e. The fourth-order valence-corrected chi connectivity index (χ4v) is 3.57. The zero-order valence-corrected chi connectivity index (χ0v) is 14.1. The smallest absolute Gasteiger partial charge is 0.252 e. The molecule has 24 heavy (non-hydrogen) atoms. The molecule has 1 atom stereocenters. The number of amides is 1. The SMILES string of the molecule is Cc1nn(C)c2c1CC(NC(=O)c1cccc3c1ccn3C)CN2. The van der Waals surface area contributed by atoms with E-state index in [-0.39, 0.29) is 11.9 Å². The van der Waals surface area contributed by atoms with E-state index in [9.17, 15) is 4.79 Å². The van der Waals surface area contributed by atoms with Gasteiger partial charge in [0.25, 0.3) is 5.91 Å². The quantitative estimate of drug-likeness (QED) is 0.758. The molecule has 0 radical (unpaired) electrons. The maximum Gasteiger partial charge on any atom is 0.252 e. The predicted molar refractivity (Wildman–Crippen MR) is 94.3 cm³/mol. The number of aryl methyl sites for hydroxylation is 3. The predicted octanol–water partition coefficient (Wildman–Crippen LogP) is 1.99. The Bertz CT molecular complexity index is 936. The molecule has 1 amide bonds. The Morgan fingerprint density at radius 3 is 3.00 bits per heavy atom. The van der Waals surface area contributed by atoms with Gasteiger partial charge < -0.3 is 15.2 Å². The molecule has 2 aromatic heterocycles. The average molecular weight is 323 g/mol. The number of anilines is 1. The maximum atomic E-state index is 12.8. The molecule has 0 bridgehead atoms. The third-order valence-electron chi connectivity index (χ3n) is 4.82. The van der Waals surface area contributed by atoms with E-state index >= 15 is 0 Å². The van der Waals surface area contributed by atoms with Crippen molar-refractivity contribution in [3.05, 3.63) is 47.3 Å². The van der Waals surface area contributed by atoms with Crippen LogP contribution < -0.4 is 10.6 Å². The van der Waals surface area contributed by atoms with E-state index in [1.54, 1.807) is 0 Å². The summed E-state index contributed by atoms with van der Waals surface area (Å²) < 4.78 is 3.90. The van der Waals surface area contributed by atoms with Gasteiger partial charge in [0, 0.05) is 48.9 Å². The highest BCUT2D eigenvalue weighted by Crippen LogP contribution is 2.25. The Balaban J connectivity index is 1.57. The van der Waals surface area contributed by atoms with E-state index in [2.05, 4.69) is 15.7 Å². The molecule has 0 fully saturated rings. The second-order valence-electron chi connectivity index (χ2n) is 6.46. The first-order chi connectivity index (χ1) is 11.5. The number of rotatable bonds is 2. The van der Waals surface area contributed by atoms with Crippen LogP contribution in [-0.4, -0.2) is 32.8 Å². The van der Waals surface area contributed by atoms with Crippen LogP contribution in [0, 0.1) is 6.92 Å². The molecule has 1 aliphatic rings. The van der Waals surface area contributed by atoms with Crippen LogP contribution in [0.3, 0.4) is 0 Å². The normalized spacial score (nSPS) is 16.7. The summed E-state index contributed by atoms with van der Waals surface area (Å²) >= 11 is 0. The first-order valence-electron chi connectivity index (χ1n) is 8.16. The number of aromatic nitrogens is 3. The third kappa shape index (κ3) is 2.26. The van der Waals surface area contributed by atoms with Crippen molar-refractivity contribution in [2.45, 2.75) is 19.4 Å². The van der Waals surface area contributed by atoms with Gasteiger partial charge in [0.1, 0.15) is 5.82 Å². The topological polar surface area (TPSA) is 63.9 Å². The Morgan fingerprint density at radius 2 is 2.17 bits per heavy atom. The number of hydrogen-bond acceptors (Lipinski definition) is 3. The van der Waals surface area contributed by atoms with Gasteiger partial charge in [-0.25, -0.2) is 0 Å². The van der Waals surface area contributed by atoms with Crippen molar-refractivity contribution in [2.75, 3.05) is 11.9 Å². The summed E-state index contributed by atoms with van der Waals surface area (Å²) in [6, 6.07) is 7.90. The lowest BCUT2D eigenvalue weighted by Gasteiger charge is -2.25. The van der Waals surface area contributed by atoms with Crippen molar-refractivity contribution >= 4 is 22.6 Å². The standard InChI is InChI=1S/C18H21N5O/c1-11-15-9-12(10-19-17(15)23(3)21-11)20-18(24)14-5-4-6-16-13(14)7-8-22(16)2/h4-8,12,19H,9-10H2,1-3H3,(H,20,24). The second-order valence-corrected chi connectivity index (χ2v) is 6.46. The monoisotopic (exact) mass is 323 g/mol. The van der Waals surface area contributed by atoms with Crippen molar-refractivity contribution in [2.24, 2.45) is 14.1 Å². The molecule has 3 aromatic rings. The van der Waals surface area contributed by atoms with E-state index in [4.69, 9.17) is 0 Å². The average Bonchev–Trinajstić information content (AvgIpc) is 3.08. The molecule has 2 N–H and O–H groups in total. The molecule has 0 aliphatic carbocycles. The van der Waals surface area contributed by atoms with Crippen molar-refractivity contribution < 1.29 is 4.79 Å². The molecule has 1 aliphatic heterocycles. The maximum absolute atomic E-state index is 12.8. The number of fused-ring (bicyclic) bond motifs is 2. The van der Waals surface area contributed by atoms with Gasteiger partial charge in [-0.15, -0.1) is 0 Å². The molecule has 0 saturated carbocycles. The number of hydrogen-bond donors (Lipinski definition) is 2. The van der Waals surface area contributed by atoms with Gasteiger partial charge >= 0.3 is 0 Å². The molecule has 4 rings (SSSR count). The lowest BCUT2D eigenvalue weighted by molar-refractivity contribution is 0.0940. The van der Waals surface area contributed by atoms with Crippen LogP contribution in [0.4, 0.5) is 5.82 Å². The summed E-state index contributed by atoms with van der Waals surface area (Å²) in [5.74, 6) is 1.03. The number of nitrogens with one attached hydrogen (secondary N) is 2. The molecule has 1 unspecified atom stereocenters. The van der Waals surface area contributed by atoms with E-state index < -0.39 is 0 Å². The number of nitrogens with zero attached hydrogens (tertiary/aromatic N) is 3. The van der Waals surface area contributed by atoms with Gasteiger partial charge in [-0.2, -0.15) is 5.10 Å². The molecule has 6 nitrogen and oxygen atoms in total. The first-order valence-corrected chi connectivity index (χ1v) is 8.16. The van der Waals surface area contributed by atoms with Crippen LogP contribution in [0.1, 0.15) is 21.6 Å². The summed E-state index contributed by atoms with van der Waals surface area (Å²) in [5.41, 5.74) is 3.99. The highest BCUT2D eigenvalue weighted by atomic mass is 16.1. The van der Waals surface area contributed by atoms with E-state index in [1.807, 2.05) is 60.7 Å². The minimum absolute atomic E-state index is 0.0245. The Morgan fingerprint density at radius 1 is 1.33 bits per heavy atom. The third-order valence-corrected chi connectivity index (χ3v) is 4.82. The molecular weight excluding hydrogens is 302 g/mol. The zero-order chi connectivity index (χ0) is 16.8. The van der Waals surface area contributed by atoms with Crippen molar-refractivity contribution in [3.63, 3.8) is 0 Å². The molecule has 124 valence electrons. The fraction of sp³-hybridized carbons (Fsp3) is 0.333. The zero-order valence-electron chi connectivity index (χ0n) is 14.1. The first kappa shape index (κ1) is 14.8. The van der Waals surface area contributed by atoms with Gasteiger partial charge in [0.15, 0.2) is 0 Å². The molecule has 0 spiro atoms. The van der Waals surface area contributed by atoms with E-state index in [0.717, 1.165) is 34.4 Å². The summed E-state index contributed by atoms with van der Waals surface area (Å²) in [5, 5.41) is 12.0. The minimum Gasteiger partial charge on any atom is -0.368 e. The van der Waals surface area contributed by atoms with Crippen LogP contribution in [0.25, 0.3) is 10.9 Å². The van der Waals surface area contributed by atoms with Crippen LogP contribution >= 0.6 is 0 Å². The number of carbonyl (C=O) groups excluding carboxylic acids is 1. The highest BCUT2D eigenvalue weighted by molar-refractivity contribution is 6.06. The molecule has 3 heterocycles. The van der Waals surface area contributed by atoms with Gasteiger partial charge in [-0.05, 0) is 31.5 Å². The van der Waals surface area contributed by atoms with Crippen molar-refractivity contribution in [1.29, 1.82) is 0 Å². The van der Waals surface area contributed by atoms with E-state index in [1.165, 1.54) is 5.56 Å². The highest BCUT2D eigenvalue weighted by Gasteiger charge is 2.25. The Labute approximate surface area is 140 Å².